The molecule has 6 heteroatoms. The molecule has 3 heterocycles. The zero-order chi connectivity index (χ0) is 17.6. The van der Waals surface area contributed by atoms with Crippen molar-refractivity contribution in [3.05, 3.63) is 41.8 Å². The van der Waals surface area contributed by atoms with Gasteiger partial charge in [-0.15, -0.1) is 0 Å². The lowest BCUT2D eigenvalue weighted by atomic mass is 9.81. The number of rotatable bonds is 3. The predicted octanol–water partition coefficient (Wildman–Crippen LogP) is 2.98. The number of aliphatic carboxylic acids is 1. The second kappa shape index (κ2) is 5.72. The van der Waals surface area contributed by atoms with E-state index in [1.165, 1.54) is 0 Å². The number of aromatic nitrogens is 1. The number of carboxylic acids is 1. The predicted molar refractivity (Wildman–Crippen MR) is 90.0 cm³/mol. The molecule has 0 bridgehead atoms. The summed E-state index contributed by atoms with van der Waals surface area (Å²) in [6.45, 7) is 2.61. The number of aryl methyl sites for hydroxylation is 1. The SMILES string of the molecule is Cc1nc(-c2ccco2)ccc1C(=O)N1C[C@@H]2CCC[C@@]2(C(=O)O)C1. The third-order valence-electron chi connectivity index (χ3n) is 5.67. The average Bonchev–Trinajstić information content (AvgIpc) is 3.29. The lowest BCUT2D eigenvalue weighted by Crippen LogP contribution is -2.37. The number of furan rings is 1. The highest BCUT2D eigenvalue weighted by Crippen LogP contribution is 2.49. The van der Waals surface area contributed by atoms with Crippen molar-refractivity contribution in [1.82, 2.24) is 9.88 Å². The van der Waals surface area contributed by atoms with Gasteiger partial charge in [0.1, 0.15) is 5.69 Å². The van der Waals surface area contributed by atoms with Gasteiger partial charge in [0, 0.05) is 13.1 Å². The Bertz CT molecular complexity index is 830. The smallest absolute Gasteiger partial charge is 0.311 e. The molecule has 6 nitrogen and oxygen atoms in total. The van der Waals surface area contributed by atoms with Gasteiger partial charge < -0.3 is 14.4 Å². The summed E-state index contributed by atoms with van der Waals surface area (Å²) in [5, 5.41) is 9.68. The molecular weight excluding hydrogens is 320 g/mol. The number of carbonyl (C=O) groups excluding carboxylic acids is 1. The molecule has 1 saturated heterocycles. The summed E-state index contributed by atoms with van der Waals surface area (Å²) in [7, 11) is 0. The van der Waals surface area contributed by atoms with Gasteiger partial charge in [0.15, 0.2) is 5.76 Å². The number of fused-ring (bicyclic) bond motifs is 1. The summed E-state index contributed by atoms with van der Waals surface area (Å²) in [6, 6.07) is 7.13. The van der Waals surface area contributed by atoms with Gasteiger partial charge in [-0.05, 0) is 49.9 Å². The van der Waals surface area contributed by atoms with Crippen LogP contribution in [0.1, 0.15) is 35.3 Å². The first kappa shape index (κ1) is 15.9. The molecule has 0 spiro atoms. The highest BCUT2D eigenvalue weighted by atomic mass is 16.4. The van der Waals surface area contributed by atoms with Crippen molar-refractivity contribution in [2.45, 2.75) is 26.2 Å². The van der Waals surface area contributed by atoms with Crippen LogP contribution in [0.25, 0.3) is 11.5 Å². The molecule has 2 aromatic heterocycles. The number of likely N-dealkylation sites (tertiary alicyclic amines) is 1. The maximum absolute atomic E-state index is 12.9. The second-order valence-corrected chi connectivity index (χ2v) is 7.04. The van der Waals surface area contributed by atoms with E-state index in [1.807, 2.05) is 6.07 Å². The third kappa shape index (κ3) is 2.44. The molecule has 25 heavy (non-hydrogen) atoms. The molecule has 0 radical (unpaired) electrons. The molecule has 2 atom stereocenters. The molecule has 1 amide bonds. The summed E-state index contributed by atoms with van der Waals surface area (Å²) < 4.78 is 5.34. The molecule has 0 unspecified atom stereocenters. The fourth-order valence-electron chi connectivity index (χ4n) is 4.31. The van der Waals surface area contributed by atoms with Gasteiger partial charge in [0.25, 0.3) is 5.91 Å². The van der Waals surface area contributed by atoms with E-state index < -0.39 is 11.4 Å². The van der Waals surface area contributed by atoms with Crippen molar-refractivity contribution in [3.8, 4) is 11.5 Å². The summed E-state index contributed by atoms with van der Waals surface area (Å²) in [5.41, 5.74) is 1.07. The molecular formula is C19H20N2O4. The molecule has 1 aliphatic heterocycles. The number of pyridine rings is 1. The van der Waals surface area contributed by atoms with E-state index in [-0.39, 0.29) is 11.8 Å². The second-order valence-electron chi connectivity index (χ2n) is 7.04. The van der Waals surface area contributed by atoms with Crippen LogP contribution in [-0.2, 0) is 4.79 Å². The number of hydrogen-bond acceptors (Lipinski definition) is 4. The quantitative estimate of drug-likeness (QED) is 0.928. The third-order valence-corrected chi connectivity index (χ3v) is 5.67. The van der Waals surface area contributed by atoms with Crippen LogP contribution in [0, 0.1) is 18.3 Å². The monoisotopic (exact) mass is 340 g/mol. The van der Waals surface area contributed by atoms with Gasteiger partial charge in [-0.1, -0.05) is 6.42 Å². The number of carboxylic acid groups (broad SMARTS) is 1. The first-order chi connectivity index (χ1) is 12.0. The van der Waals surface area contributed by atoms with Gasteiger partial charge in [-0.2, -0.15) is 0 Å². The summed E-state index contributed by atoms with van der Waals surface area (Å²) in [4.78, 5) is 30.9. The van der Waals surface area contributed by atoms with Crippen molar-refractivity contribution in [2.75, 3.05) is 13.1 Å². The summed E-state index contributed by atoms with van der Waals surface area (Å²) in [6.07, 6.45) is 4.05. The van der Waals surface area contributed by atoms with Gasteiger partial charge in [0.2, 0.25) is 0 Å². The van der Waals surface area contributed by atoms with E-state index in [0.29, 0.717) is 42.2 Å². The highest BCUT2D eigenvalue weighted by Gasteiger charge is 2.55. The standard InChI is InChI=1S/C19H20N2O4/c1-12-14(6-7-15(20-12)16-5-3-9-25-16)17(22)21-10-13-4-2-8-19(13,11-21)18(23)24/h3,5-7,9,13H,2,4,8,10-11H2,1H3,(H,23,24)/t13-,19+/m0/s1. The Labute approximate surface area is 145 Å². The minimum atomic E-state index is -0.770. The molecule has 2 aromatic rings. The lowest BCUT2D eigenvalue weighted by Gasteiger charge is -2.23. The van der Waals surface area contributed by atoms with Crippen LogP contribution < -0.4 is 0 Å². The first-order valence-electron chi connectivity index (χ1n) is 8.55. The van der Waals surface area contributed by atoms with Crippen molar-refractivity contribution in [1.29, 1.82) is 0 Å². The molecule has 130 valence electrons. The average molecular weight is 340 g/mol. The number of amides is 1. The maximum atomic E-state index is 12.9. The minimum absolute atomic E-state index is 0.0598. The van der Waals surface area contributed by atoms with Crippen LogP contribution in [-0.4, -0.2) is 40.0 Å². The Morgan fingerprint density at radius 3 is 2.84 bits per heavy atom. The van der Waals surface area contributed by atoms with Crippen LogP contribution in [0.4, 0.5) is 0 Å². The molecule has 1 aliphatic carbocycles. The highest BCUT2D eigenvalue weighted by molar-refractivity contribution is 5.96. The lowest BCUT2D eigenvalue weighted by molar-refractivity contribution is -0.149. The summed E-state index contributed by atoms with van der Waals surface area (Å²) >= 11 is 0. The number of nitrogens with zero attached hydrogens (tertiary/aromatic N) is 2. The van der Waals surface area contributed by atoms with Crippen molar-refractivity contribution >= 4 is 11.9 Å². The van der Waals surface area contributed by atoms with Gasteiger partial charge in [-0.25, -0.2) is 4.98 Å². The molecule has 0 aromatic carbocycles. The zero-order valence-electron chi connectivity index (χ0n) is 14.1. The fourth-order valence-corrected chi connectivity index (χ4v) is 4.31. The topological polar surface area (TPSA) is 83.6 Å². The Hall–Kier alpha value is -2.63. The van der Waals surface area contributed by atoms with E-state index in [0.717, 1.165) is 12.8 Å². The van der Waals surface area contributed by atoms with Crippen molar-refractivity contribution in [2.24, 2.45) is 11.3 Å². The largest absolute Gasteiger partial charge is 0.481 e. The van der Waals surface area contributed by atoms with Crippen LogP contribution in [0.15, 0.2) is 34.9 Å². The number of hydrogen-bond donors (Lipinski definition) is 1. The Kier molecular flexibility index (Phi) is 3.63. The molecule has 2 fully saturated rings. The molecule has 4 rings (SSSR count). The Morgan fingerprint density at radius 1 is 1.36 bits per heavy atom. The van der Waals surface area contributed by atoms with Crippen LogP contribution >= 0.6 is 0 Å². The Morgan fingerprint density at radius 2 is 2.20 bits per heavy atom. The molecule has 1 N–H and O–H groups in total. The number of carbonyl (C=O) groups is 2. The van der Waals surface area contributed by atoms with Gasteiger partial charge >= 0.3 is 5.97 Å². The fraction of sp³-hybridized carbons (Fsp3) is 0.421. The maximum Gasteiger partial charge on any atom is 0.311 e. The molecule has 2 aliphatic rings. The summed E-state index contributed by atoms with van der Waals surface area (Å²) in [5.74, 6) is -0.188. The van der Waals surface area contributed by atoms with Crippen LogP contribution in [0.3, 0.4) is 0 Å². The Balaban J connectivity index is 1.59. The van der Waals surface area contributed by atoms with E-state index in [1.54, 1.807) is 36.3 Å². The van der Waals surface area contributed by atoms with E-state index >= 15 is 0 Å². The van der Waals surface area contributed by atoms with E-state index in [2.05, 4.69) is 4.98 Å². The van der Waals surface area contributed by atoms with Crippen LogP contribution in [0.2, 0.25) is 0 Å². The normalized spacial score (nSPS) is 25.2. The van der Waals surface area contributed by atoms with E-state index in [9.17, 15) is 14.7 Å². The van der Waals surface area contributed by atoms with Crippen molar-refractivity contribution < 1.29 is 19.1 Å². The van der Waals surface area contributed by atoms with Crippen molar-refractivity contribution in [3.63, 3.8) is 0 Å². The van der Waals surface area contributed by atoms with E-state index in [4.69, 9.17) is 4.42 Å². The zero-order valence-corrected chi connectivity index (χ0v) is 14.1. The first-order valence-corrected chi connectivity index (χ1v) is 8.55. The minimum Gasteiger partial charge on any atom is -0.481 e. The van der Waals surface area contributed by atoms with Gasteiger partial charge in [0.05, 0.1) is 22.9 Å². The van der Waals surface area contributed by atoms with Gasteiger partial charge in [-0.3, -0.25) is 9.59 Å². The molecule has 1 saturated carbocycles. The van der Waals surface area contributed by atoms with Crippen LogP contribution in [0.5, 0.6) is 0 Å².